The van der Waals surface area contributed by atoms with Gasteiger partial charge >= 0.3 is 0 Å². The number of ether oxygens (including phenoxy) is 2. The number of hydrogen-bond donors (Lipinski definition) is 1. The molecule has 1 N–H and O–H groups in total. The third kappa shape index (κ3) is 12.1. The molecule has 0 heterocycles. The number of nitrogens with one attached hydrogen (secondary N) is 1. The van der Waals surface area contributed by atoms with Crippen LogP contribution in [0.2, 0.25) is 0 Å². The summed E-state index contributed by atoms with van der Waals surface area (Å²) in [5.41, 5.74) is 0. The Hall–Kier alpha value is -0.170. The van der Waals surface area contributed by atoms with Crippen LogP contribution in [0, 0.1) is 0 Å². The van der Waals surface area contributed by atoms with E-state index in [1.165, 1.54) is 7.11 Å². The number of hydrogen-bond acceptors (Lipinski definition) is 5. The molecular formula is C11H25NO4S. The predicted molar refractivity (Wildman–Crippen MR) is 69.1 cm³/mol. The molecule has 0 saturated carbocycles. The van der Waals surface area contributed by atoms with E-state index in [9.17, 15) is 8.42 Å². The van der Waals surface area contributed by atoms with Crippen LogP contribution in [-0.2, 0) is 19.3 Å². The first-order chi connectivity index (χ1) is 8.12. The highest BCUT2D eigenvalue weighted by Crippen LogP contribution is 1.91. The summed E-state index contributed by atoms with van der Waals surface area (Å²) in [7, 11) is -1.45. The first-order valence-electron chi connectivity index (χ1n) is 6.10. The maximum absolute atomic E-state index is 11.4. The Balaban J connectivity index is 3.32. The Labute approximate surface area is 105 Å². The molecule has 0 rings (SSSR count). The van der Waals surface area contributed by atoms with Gasteiger partial charge in [-0.2, -0.15) is 0 Å². The normalized spacial score (nSPS) is 11.9. The minimum absolute atomic E-state index is 0.107. The molecule has 0 amide bonds. The van der Waals surface area contributed by atoms with Crippen LogP contribution in [0.25, 0.3) is 0 Å². The number of unbranched alkanes of at least 4 members (excludes halogenated alkanes) is 1. The Bertz CT molecular complexity index is 254. The van der Waals surface area contributed by atoms with Crippen molar-refractivity contribution in [3.05, 3.63) is 0 Å². The van der Waals surface area contributed by atoms with Gasteiger partial charge in [0.25, 0.3) is 0 Å². The molecule has 104 valence electrons. The van der Waals surface area contributed by atoms with E-state index in [1.807, 2.05) is 6.92 Å². The van der Waals surface area contributed by atoms with Crippen LogP contribution in [0.15, 0.2) is 0 Å². The van der Waals surface area contributed by atoms with E-state index in [0.29, 0.717) is 6.54 Å². The zero-order valence-corrected chi connectivity index (χ0v) is 11.7. The van der Waals surface area contributed by atoms with Crippen molar-refractivity contribution in [2.75, 3.05) is 51.5 Å². The molecule has 0 unspecified atom stereocenters. The highest BCUT2D eigenvalue weighted by Gasteiger charge is 2.09. The number of rotatable bonds is 12. The van der Waals surface area contributed by atoms with Crippen molar-refractivity contribution in [1.29, 1.82) is 0 Å². The fraction of sp³-hybridized carbons (Fsp3) is 1.00. The third-order valence-corrected chi connectivity index (χ3v) is 3.90. The lowest BCUT2D eigenvalue weighted by Gasteiger charge is -2.06. The van der Waals surface area contributed by atoms with Crippen molar-refractivity contribution in [2.45, 2.75) is 19.8 Å². The first kappa shape index (κ1) is 16.8. The summed E-state index contributed by atoms with van der Waals surface area (Å²) in [6.45, 7) is 5.14. The number of methoxy groups -OCH3 is 1. The zero-order chi connectivity index (χ0) is 13.0. The van der Waals surface area contributed by atoms with Gasteiger partial charge in [-0.25, -0.2) is 8.42 Å². The molecule has 0 aliphatic rings. The molecular weight excluding hydrogens is 242 g/mol. The van der Waals surface area contributed by atoms with Crippen molar-refractivity contribution in [1.82, 2.24) is 5.32 Å². The molecule has 0 spiro atoms. The molecule has 17 heavy (non-hydrogen) atoms. The van der Waals surface area contributed by atoms with Gasteiger partial charge in [-0.15, -0.1) is 0 Å². The van der Waals surface area contributed by atoms with Crippen molar-refractivity contribution in [2.24, 2.45) is 0 Å². The van der Waals surface area contributed by atoms with Gasteiger partial charge in [0.1, 0.15) is 0 Å². The van der Waals surface area contributed by atoms with Gasteiger partial charge in [-0.3, -0.25) is 0 Å². The summed E-state index contributed by atoms with van der Waals surface area (Å²) in [6, 6.07) is 0. The largest absolute Gasteiger partial charge is 0.384 e. The first-order valence-corrected chi connectivity index (χ1v) is 7.92. The Morgan fingerprint density at radius 3 is 2.47 bits per heavy atom. The quantitative estimate of drug-likeness (QED) is 0.520. The van der Waals surface area contributed by atoms with E-state index in [2.05, 4.69) is 5.32 Å². The SMILES string of the molecule is CCOCCCCNCCS(=O)(=O)CCOC. The van der Waals surface area contributed by atoms with Crippen LogP contribution < -0.4 is 5.32 Å². The lowest BCUT2D eigenvalue weighted by molar-refractivity contribution is 0.143. The summed E-state index contributed by atoms with van der Waals surface area (Å²) in [5.74, 6) is 0.289. The number of sulfone groups is 1. The van der Waals surface area contributed by atoms with Crippen molar-refractivity contribution in [3.8, 4) is 0 Å². The molecule has 0 aromatic heterocycles. The fourth-order valence-electron chi connectivity index (χ4n) is 1.26. The van der Waals surface area contributed by atoms with E-state index in [1.54, 1.807) is 0 Å². The fourth-order valence-corrected chi connectivity index (χ4v) is 2.34. The molecule has 0 fully saturated rings. The predicted octanol–water partition coefficient (Wildman–Crippen LogP) is 0.454. The monoisotopic (exact) mass is 267 g/mol. The molecule has 0 aliphatic heterocycles. The van der Waals surface area contributed by atoms with Gasteiger partial charge in [0.15, 0.2) is 9.84 Å². The van der Waals surface area contributed by atoms with Crippen LogP contribution in [0.4, 0.5) is 0 Å². The smallest absolute Gasteiger partial charge is 0.153 e. The highest BCUT2D eigenvalue weighted by atomic mass is 32.2. The maximum Gasteiger partial charge on any atom is 0.153 e. The van der Waals surface area contributed by atoms with E-state index < -0.39 is 9.84 Å². The maximum atomic E-state index is 11.4. The second-order valence-corrected chi connectivity index (χ2v) is 6.10. The minimum Gasteiger partial charge on any atom is -0.384 e. The second kappa shape index (κ2) is 11.0. The molecule has 0 atom stereocenters. The molecule has 0 aromatic rings. The van der Waals surface area contributed by atoms with Crippen LogP contribution in [0.1, 0.15) is 19.8 Å². The third-order valence-electron chi connectivity index (χ3n) is 2.28. The van der Waals surface area contributed by atoms with Gasteiger partial charge < -0.3 is 14.8 Å². The average molecular weight is 267 g/mol. The van der Waals surface area contributed by atoms with Gasteiger partial charge in [0.2, 0.25) is 0 Å². The standard InChI is InChI=1S/C11H25NO4S/c1-3-16-8-5-4-6-12-7-10-17(13,14)11-9-15-2/h12H,3-11H2,1-2H3. The van der Waals surface area contributed by atoms with Gasteiger partial charge in [0.05, 0.1) is 18.1 Å². The van der Waals surface area contributed by atoms with E-state index in [-0.39, 0.29) is 18.1 Å². The summed E-state index contributed by atoms with van der Waals surface area (Å²) in [5, 5.41) is 3.12. The van der Waals surface area contributed by atoms with Crippen molar-refractivity contribution in [3.63, 3.8) is 0 Å². The van der Waals surface area contributed by atoms with Crippen LogP contribution in [0.5, 0.6) is 0 Å². The summed E-state index contributed by atoms with van der Waals surface area (Å²) in [6.07, 6.45) is 2.02. The average Bonchev–Trinajstić information content (AvgIpc) is 2.30. The molecule has 5 nitrogen and oxygen atoms in total. The van der Waals surface area contributed by atoms with Crippen LogP contribution in [-0.4, -0.2) is 59.9 Å². The van der Waals surface area contributed by atoms with Crippen molar-refractivity contribution < 1.29 is 17.9 Å². The summed E-state index contributed by atoms with van der Waals surface area (Å²) in [4.78, 5) is 0. The Morgan fingerprint density at radius 2 is 1.82 bits per heavy atom. The van der Waals surface area contributed by atoms with E-state index in [0.717, 1.165) is 32.6 Å². The highest BCUT2D eigenvalue weighted by molar-refractivity contribution is 7.91. The molecule has 6 heteroatoms. The Morgan fingerprint density at radius 1 is 1.06 bits per heavy atom. The molecule has 0 radical (unpaired) electrons. The van der Waals surface area contributed by atoms with Gasteiger partial charge in [0, 0.05) is 26.9 Å². The zero-order valence-electron chi connectivity index (χ0n) is 10.9. The topological polar surface area (TPSA) is 64.6 Å². The molecule has 0 aliphatic carbocycles. The minimum atomic E-state index is -2.96. The molecule has 0 aromatic carbocycles. The molecule has 0 bridgehead atoms. The van der Waals surface area contributed by atoms with E-state index >= 15 is 0 Å². The van der Waals surface area contributed by atoms with E-state index in [4.69, 9.17) is 9.47 Å². The lowest BCUT2D eigenvalue weighted by Crippen LogP contribution is -2.26. The van der Waals surface area contributed by atoms with Gasteiger partial charge in [-0.05, 0) is 26.3 Å². The summed E-state index contributed by atoms with van der Waals surface area (Å²) >= 11 is 0. The van der Waals surface area contributed by atoms with Crippen LogP contribution in [0.3, 0.4) is 0 Å². The van der Waals surface area contributed by atoms with Crippen molar-refractivity contribution >= 4 is 9.84 Å². The Kier molecular flexibility index (Phi) is 10.8. The van der Waals surface area contributed by atoms with Gasteiger partial charge in [-0.1, -0.05) is 0 Å². The van der Waals surface area contributed by atoms with Crippen LogP contribution >= 0.6 is 0 Å². The second-order valence-electron chi connectivity index (χ2n) is 3.80. The summed E-state index contributed by atoms with van der Waals surface area (Å²) < 4.78 is 32.8. The molecule has 0 saturated heterocycles. The lowest BCUT2D eigenvalue weighted by atomic mass is 10.3.